The van der Waals surface area contributed by atoms with E-state index in [9.17, 15) is 0 Å². The molecule has 0 aliphatic carbocycles. The van der Waals surface area contributed by atoms with Gasteiger partial charge in [0.25, 0.3) is 0 Å². The van der Waals surface area contributed by atoms with Crippen LogP contribution in [0, 0.1) is 12.3 Å². The Morgan fingerprint density at radius 2 is 2.12 bits per heavy atom. The Balaban J connectivity index is 2.49. The minimum Gasteiger partial charge on any atom is -0.444 e. The Labute approximate surface area is 95.5 Å². The van der Waals surface area contributed by atoms with Gasteiger partial charge in [0.15, 0.2) is 0 Å². The van der Waals surface area contributed by atoms with E-state index in [0.29, 0.717) is 12.4 Å². The summed E-state index contributed by atoms with van der Waals surface area (Å²) in [6, 6.07) is -0.0360. The minimum absolute atomic E-state index is 0.0360. The minimum atomic E-state index is -0.518. The molecule has 0 bridgehead atoms. The standard InChI is InChI=1S/C11H20N2O3/c1-8-4-12-10(16-8)9(2)13-5-11(3,6-14)7-15/h4,9,13-15H,5-7H2,1-3H3. The van der Waals surface area contributed by atoms with Crippen LogP contribution in [0.4, 0.5) is 0 Å². The summed E-state index contributed by atoms with van der Waals surface area (Å²) in [5.41, 5.74) is -0.518. The van der Waals surface area contributed by atoms with E-state index in [1.165, 1.54) is 0 Å². The molecule has 1 heterocycles. The number of aryl methyl sites for hydroxylation is 1. The lowest BCUT2D eigenvalue weighted by molar-refractivity contribution is 0.0669. The van der Waals surface area contributed by atoms with Gasteiger partial charge in [-0.05, 0) is 13.8 Å². The van der Waals surface area contributed by atoms with Crippen molar-refractivity contribution in [2.45, 2.75) is 26.8 Å². The average molecular weight is 228 g/mol. The zero-order valence-electron chi connectivity index (χ0n) is 10.0. The summed E-state index contributed by atoms with van der Waals surface area (Å²) in [7, 11) is 0. The Kier molecular flexibility index (Phi) is 4.46. The van der Waals surface area contributed by atoms with Gasteiger partial charge in [0.1, 0.15) is 5.76 Å². The van der Waals surface area contributed by atoms with Crippen molar-refractivity contribution in [3.05, 3.63) is 17.8 Å². The first-order valence-electron chi connectivity index (χ1n) is 5.38. The molecule has 1 aromatic rings. The van der Waals surface area contributed by atoms with Crippen LogP contribution in [0.1, 0.15) is 31.5 Å². The number of nitrogens with zero attached hydrogens (tertiary/aromatic N) is 1. The normalized spacial score (nSPS) is 14.1. The van der Waals surface area contributed by atoms with Crippen molar-refractivity contribution in [3.8, 4) is 0 Å². The maximum Gasteiger partial charge on any atom is 0.211 e. The number of nitrogens with one attached hydrogen (secondary N) is 1. The highest BCUT2D eigenvalue weighted by Crippen LogP contribution is 2.16. The smallest absolute Gasteiger partial charge is 0.211 e. The van der Waals surface area contributed by atoms with Gasteiger partial charge < -0.3 is 19.9 Å². The topological polar surface area (TPSA) is 78.5 Å². The summed E-state index contributed by atoms with van der Waals surface area (Å²) in [4.78, 5) is 4.11. The Morgan fingerprint density at radius 1 is 1.50 bits per heavy atom. The maximum atomic E-state index is 9.13. The first-order chi connectivity index (χ1) is 7.50. The highest BCUT2D eigenvalue weighted by atomic mass is 16.4. The molecule has 0 saturated carbocycles. The van der Waals surface area contributed by atoms with Crippen molar-refractivity contribution in [2.75, 3.05) is 19.8 Å². The summed E-state index contributed by atoms with van der Waals surface area (Å²) in [5, 5.41) is 21.4. The molecule has 0 amide bonds. The van der Waals surface area contributed by atoms with Gasteiger partial charge in [0.05, 0.1) is 25.5 Å². The Morgan fingerprint density at radius 3 is 2.56 bits per heavy atom. The van der Waals surface area contributed by atoms with Crippen molar-refractivity contribution >= 4 is 0 Å². The summed E-state index contributed by atoms with van der Waals surface area (Å²) in [6.07, 6.45) is 1.67. The van der Waals surface area contributed by atoms with Crippen LogP contribution in [0.25, 0.3) is 0 Å². The van der Waals surface area contributed by atoms with Crippen LogP contribution in [0.15, 0.2) is 10.6 Å². The molecule has 5 nitrogen and oxygen atoms in total. The molecule has 92 valence electrons. The fraction of sp³-hybridized carbons (Fsp3) is 0.727. The highest BCUT2D eigenvalue weighted by molar-refractivity contribution is 4.95. The molecule has 0 saturated heterocycles. The number of oxazole rings is 1. The van der Waals surface area contributed by atoms with Gasteiger partial charge in [-0.25, -0.2) is 4.98 Å². The first-order valence-corrected chi connectivity index (χ1v) is 5.38. The van der Waals surface area contributed by atoms with Gasteiger partial charge in [0, 0.05) is 12.0 Å². The van der Waals surface area contributed by atoms with Crippen LogP contribution < -0.4 is 5.32 Å². The molecule has 0 aromatic carbocycles. The van der Waals surface area contributed by atoms with E-state index < -0.39 is 5.41 Å². The zero-order valence-corrected chi connectivity index (χ0v) is 10.0. The lowest BCUT2D eigenvalue weighted by Gasteiger charge is -2.26. The van der Waals surface area contributed by atoms with Gasteiger partial charge in [-0.3, -0.25) is 0 Å². The largest absolute Gasteiger partial charge is 0.444 e. The van der Waals surface area contributed by atoms with E-state index in [-0.39, 0.29) is 19.3 Å². The van der Waals surface area contributed by atoms with Crippen molar-refractivity contribution < 1.29 is 14.6 Å². The van der Waals surface area contributed by atoms with Crippen molar-refractivity contribution in [1.29, 1.82) is 0 Å². The third kappa shape index (κ3) is 3.30. The van der Waals surface area contributed by atoms with E-state index in [0.717, 1.165) is 5.76 Å². The number of aromatic nitrogens is 1. The molecule has 1 aromatic heterocycles. The average Bonchev–Trinajstić information content (AvgIpc) is 2.72. The molecule has 5 heteroatoms. The SMILES string of the molecule is Cc1cnc(C(C)NCC(C)(CO)CO)o1. The van der Waals surface area contributed by atoms with Crippen molar-refractivity contribution in [1.82, 2.24) is 10.3 Å². The number of rotatable bonds is 6. The highest BCUT2D eigenvalue weighted by Gasteiger charge is 2.23. The lowest BCUT2D eigenvalue weighted by atomic mass is 9.93. The van der Waals surface area contributed by atoms with Crippen molar-refractivity contribution in [3.63, 3.8) is 0 Å². The number of hydrogen-bond donors (Lipinski definition) is 3. The molecule has 0 aliphatic heterocycles. The molecule has 1 rings (SSSR count). The van der Waals surface area contributed by atoms with Crippen molar-refractivity contribution in [2.24, 2.45) is 5.41 Å². The van der Waals surface area contributed by atoms with E-state index in [1.807, 2.05) is 20.8 Å². The molecule has 3 N–H and O–H groups in total. The predicted molar refractivity (Wildman–Crippen MR) is 59.9 cm³/mol. The third-order valence-electron chi connectivity index (χ3n) is 2.61. The first kappa shape index (κ1) is 13.2. The predicted octanol–water partition coefficient (Wildman–Crippen LogP) is 0.625. The van der Waals surface area contributed by atoms with E-state index in [4.69, 9.17) is 14.6 Å². The van der Waals surface area contributed by atoms with Gasteiger partial charge in [0.2, 0.25) is 5.89 Å². The monoisotopic (exact) mass is 228 g/mol. The Bertz CT molecular complexity index is 321. The van der Waals surface area contributed by atoms with E-state index in [2.05, 4.69) is 10.3 Å². The van der Waals surface area contributed by atoms with Crippen LogP contribution >= 0.6 is 0 Å². The molecule has 0 spiro atoms. The number of aliphatic hydroxyl groups excluding tert-OH is 2. The lowest BCUT2D eigenvalue weighted by Crippen LogP contribution is -2.38. The second-order valence-corrected chi connectivity index (χ2v) is 4.54. The quantitative estimate of drug-likeness (QED) is 0.665. The van der Waals surface area contributed by atoms with Crippen LogP contribution in [-0.2, 0) is 0 Å². The molecule has 1 unspecified atom stereocenters. The fourth-order valence-electron chi connectivity index (χ4n) is 1.22. The maximum absolute atomic E-state index is 9.13. The van der Waals surface area contributed by atoms with Gasteiger partial charge in [-0.2, -0.15) is 0 Å². The molecule has 1 atom stereocenters. The molecule has 16 heavy (non-hydrogen) atoms. The molecular formula is C11H20N2O3. The van der Waals surface area contributed by atoms with Gasteiger partial charge >= 0.3 is 0 Å². The van der Waals surface area contributed by atoms with Gasteiger partial charge in [-0.1, -0.05) is 6.92 Å². The van der Waals surface area contributed by atoms with Crippen LogP contribution in [0.3, 0.4) is 0 Å². The van der Waals surface area contributed by atoms with Gasteiger partial charge in [-0.15, -0.1) is 0 Å². The second kappa shape index (κ2) is 5.43. The summed E-state index contributed by atoms with van der Waals surface area (Å²) < 4.78 is 5.38. The number of aliphatic hydroxyl groups is 2. The van der Waals surface area contributed by atoms with Crippen LogP contribution in [0.5, 0.6) is 0 Å². The molecular weight excluding hydrogens is 208 g/mol. The summed E-state index contributed by atoms with van der Waals surface area (Å²) in [6.45, 7) is 5.97. The Hall–Kier alpha value is -0.910. The van der Waals surface area contributed by atoms with Crippen LogP contribution in [0.2, 0.25) is 0 Å². The fourth-order valence-corrected chi connectivity index (χ4v) is 1.22. The summed E-state index contributed by atoms with van der Waals surface area (Å²) >= 11 is 0. The third-order valence-corrected chi connectivity index (χ3v) is 2.61. The summed E-state index contributed by atoms with van der Waals surface area (Å²) in [5.74, 6) is 1.39. The molecule has 0 aliphatic rings. The second-order valence-electron chi connectivity index (χ2n) is 4.54. The zero-order chi connectivity index (χ0) is 12.2. The molecule has 0 fully saturated rings. The van der Waals surface area contributed by atoms with E-state index >= 15 is 0 Å². The van der Waals surface area contributed by atoms with E-state index in [1.54, 1.807) is 6.20 Å². The van der Waals surface area contributed by atoms with Crippen LogP contribution in [-0.4, -0.2) is 35.0 Å². The number of hydrogen-bond acceptors (Lipinski definition) is 5. The molecule has 0 radical (unpaired) electrons.